The SMILES string of the molecule is Cc1cc(C(=O)NCc2ccccc2Cl)nn1C1CCS(=O)(=O)C1. The largest absolute Gasteiger partial charge is 0.347 e. The second kappa shape index (κ2) is 6.57. The Hall–Kier alpha value is -1.86. The predicted molar refractivity (Wildman–Crippen MR) is 91.9 cm³/mol. The summed E-state index contributed by atoms with van der Waals surface area (Å²) in [6.45, 7) is 2.13. The van der Waals surface area contributed by atoms with Crippen LogP contribution in [0.5, 0.6) is 0 Å². The van der Waals surface area contributed by atoms with Crippen LogP contribution >= 0.6 is 11.6 Å². The molecule has 1 N–H and O–H groups in total. The van der Waals surface area contributed by atoms with Crippen LogP contribution in [0.4, 0.5) is 0 Å². The Balaban J connectivity index is 1.70. The molecule has 0 aliphatic carbocycles. The lowest BCUT2D eigenvalue weighted by Crippen LogP contribution is -2.24. The molecule has 1 aliphatic heterocycles. The van der Waals surface area contributed by atoms with Crippen molar-refractivity contribution < 1.29 is 13.2 Å². The molecule has 128 valence electrons. The van der Waals surface area contributed by atoms with Gasteiger partial charge in [-0.25, -0.2) is 8.42 Å². The molecule has 1 unspecified atom stereocenters. The lowest BCUT2D eigenvalue weighted by molar-refractivity contribution is 0.0945. The van der Waals surface area contributed by atoms with Crippen LogP contribution < -0.4 is 5.32 Å². The van der Waals surface area contributed by atoms with Crippen LogP contribution in [0.1, 0.15) is 34.2 Å². The van der Waals surface area contributed by atoms with E-state index in [0.717, 1.165) is 11.3 Å². The first kappa shape index (κ1) is 17.0. The molecule has 6 nitrogen and oxygen atoms in total. The Morgan fingerprint density at radius 1 is 1.42 bits per heavy atom. The van der Waals surface area contributed by atoms with Crippen molar-refractivity contribution in [3.8, 4) is 0 Å². The molecule has 0 radical (unpaired) electrons. The molecule has 1 fully saturated rings. The van der Waals surface area contributed by atoms with Crippen LogP contribution in [-0.4, -0.2) is 35.6 Å². The zero-order valence-electron chi connectivity index (χ0n) is 13.2. The highest BCUT2D eigenvalue weighted by molar-refractivity contribution is 7.91. The highest BCUT2D eigenvalue weighted by atomic mass is 35.5. The molecule has 2 aromatic rings. The third kappa shape index (κ3) is 3.62. The van der Waals surface area contributed by atoms with Gasteiger partial charge in [-0.15, -0.1) is 0 Å². The fourth-order valence-electron chi connectivity index (χ4n) is 2.84. The minimum absolute atomic E-state index is 0.0796. The molecule has 8 heteroatoms. The van der Waals surface area contributed by atoms with Crippen molar-refractivity contribution in [2.75, 3.05) is 11.5 Å². The third-order valence-corrected chi connectivity index (χ3v) is 6.23. The average Bonchev–Trinajstić information content (AvgIpc) is 3.08. The number of hydrogen-bond donors (Lipinski definition) is 1. The number of amides is 1. The molecule has 3 rings (SSSR count). The maximum Gasteiger partial charge on any atom is 0.272 e. The van der Waals surface area contributed by atoms with Gasteiger partial charge in [0.05, 0.1) is 17.5 Å². The van der Waals surface area contributed by atoms with E-state index in [0.29, 0.717) is 18.0 Å². The smallest absolute Gasteiger partial charge is 0.272 e. The van der Waals surface area contributed by atoms with Gasteiger partial charge in [-0.05, 0) is 31.0 Å². The van der Waals surface area contributed by atoms with Crippen LogP contribution in [0.3, 0.4) is 0 Å². The normalized spacial score (nSPS) is 19.3. The first-order chi connectivity index (χ1) is 11.4. The lowest BCUT2D eigenvalue weighted by atomic mass is 10.2. The quantitative estimate of drug-likeness (QED) is 0.897. The van der Waals surface area contributed by atoms with E-state index in [1.165, 1.54) is 0 Å². The van der Waals surface area contributed by atoms with E-state index >= 15 is 0 Å². The van der Waals surface area contributed by atoms with Gasteiger partial charge in [-0.3, -0.25) is 9.48 Å². The topological polar surface area (TPSA) is 81.1 Å². The van der Waals surface area contributed by atoms with Gasteiger partial charge in [-0.2, -0.15) is 5.10 Å². The minimum Gasteiger partial charge on any atom is -0.347 e. The van der Waals surface area contributed by atoms with Gasteiger partial charge >= 0.3 is 0 Å². The molecule has 1 atom stereocenters. The number of sulfone groups is 1. The first-order valence-corrected chi connectivity index (χ1v) is 9.84. The summed E-state index contributed by atoms with van der Waals surface area (Å²) in [6, 6.07) is 8.77. The monoisotopic (exact) mass is 367 g/mol. The number of nitrogens with one attached hydrogen (secondary N) is 1. The van der Waals surface area contributed by atoms with Gasteiger partial charge in [0.1, 0.15) is 5.69 Å². The van der Waals surface area contributed by atoms with E-state index in [2.05, 4.69) is 10.4 Å². The van der Waals surface area contributed by atoms with Crippen LogP contribution in [-0.2, 0) is 16.4 Å². The minimum atomic E-state index is -3.00. The second-order valence-corrected chi connectivity index (χ2v) is 8.58. The Morgan fingerprint density at radius 3 is 2.83 bits per heavy atom. The van der Waals surface area contributed by atoms with E-state index in [1.807, 2.05) is 25.1 Å². The van der Waals surface area contributed by atoms with Gasteiger partial charge in [0.25, 0.3) is 5.91 Å². The summed E-state index contributed by atoms with van der Waals surface area (Å²) in [5.41, 5.74) is 1.88. The molecule has 0 saturated carbocycles. The van der Waals surface area contributed by atoms with Gasteiger partial charge in [0.2, 0.25) is 0 Å². The molecule has 1 aromatic heterocycles. The molecule has 0 spiro atoms. The number of hydrogen-bond acceptors (Lipinski definition) is 4. The summed E-state index contributed by atoms with van der Waals surface area (Å²) in [5, 5.41) is 7.68. The van der Waals surface area contributed by atoms with Gasteiger partial charge in [0.15, 0.2) is 9.84 Å². The zero-order chi connectivity index (χ0) is 17.3. The molecule has 0 bridgehead atoms. The zero-order valence-corrected chi connectivity index (χ0v) is 14.8. The number of benzene rings is 1. The number of nitrogens with zero attached hydrogens (tertiary/aromatic N) is 2. The van der Waals surface area contributed by atoms with Gasteiger partial charge in [-0.1, -0.05) is 29.8 Å². The molecule has 24 heavy (non-hydrogen) atoms. The fourth-order valence-corrected chi connectivity index (χ4v) is 4.74. The van der Waals surface area contributed by atoms with E-state index in [1.54, 1.807) is 16.8 Å². The average molecular weight is 368 g/mol. The van der Waals surface area contributed by atoms with Crippen molar-refractivity contribution in [3.05, 3.63) is 52.3 Å². The van der Waals surface area contributed by atoms with Crippen molar-refractivity contribution in [1.29, 1.82) is 0 Å². The summed E-state index contributed by atoms with van der Waals surface area (Å²) >= 11 is 6.07. The van der Waals surface area contributed by atoms with Crippen molar-refractivity contribution >= 4 is 27.3 Å². The number of carbonyl (C=O) groups is 1. The molecule has 1 amide bonds. The number of aromatic nitrogens is 2. The molecular weight excluding hydrogens is 350 g/mol. The van der Waals surface area contributed by atoms with E-state index in [-0.39, 0.29) is 29.1 Å². The third-order valence-electron chi connectivity index (χ3n) is 4.11. The van der Waals surface area contributed by atoms with Crippen LogP contribution in [0, 0.1) is 6.92 Å². The Morgan fingerprint density at radius 2 is 2.17 bits per heavy atom. The molecule has 1 aliphatic rings. The van der Waals surface area contributed by atoms with Crippen molar-refractivity contribution in [3.63, 3.8) is 0 Å². The maximum atomic E-state index is 12.3. The summed E-state index contributed by atoms with van der Waals surface area (Å²) in [7, 11) is -3.00. The Kier molecular flexibility index (Phi) is 4.64. The first-order valence-electron chi connectivity index (χ1n) is 7.64. The van der Waals surface area contributed by atoms with Gasteiger partial charge < -0.3 is 5.32 Å². The maximum absolute atomic E-state index is 12.3. The highest BCUT2D eigenvalue weighted by Crippen LogP contribution is 2.24. The standard InChI is InChI=1S/C16H18ClN3O3S/c1-11-8-15(19-20(11)13-6-7-24(22,23)10-13)16(21)18-9-12-4-2-3-5-14(12)17/h2-5,8,13H,6-7,9-10H2,1H3,(H,18,21). The second-order valence-electron chi connectivity index (χ2n) is 5.95. The molecular formula is C16H18ClN3O3S. The van der Waals surface area contributed by atoms with Crippen LogP contribution in [0.25, 0.3) is 0 Å². The molecule has 1 aromatic carbocycles. The summed E-state index contributed by atoms with van der Waals surface area (Å²) in [5.74, 6) is -0.0566. The lowest BCUT2D eigenvalue weighted by Gasteiger charge is -2.10. The number of halogens is 1. The molecule has 2 heterocycles. The van der Waals surface area contributed by atoms with Crippen LogP contribution in [0.15, 0.2) is 30.3 Å². The Labute approximate surface area is 145 Å². The van der Waals surface area contributed by atoms with Crippen molar-refractivity contribution in [1.82, 2.24) is 15.1 Å². The number of rotatable bonds is 4. The Bertz CT molecular complexity index is 876. The van der Waals surface area contributed by atoms with E-state index in [9.17, 15) is 13.2 Å². The molecule has 1 saturated heterocycles. The van der Waals surface area contributed by atoms with E-state index < -0.39 is 9.84 Å². The van der Waals surface area contributed by atoms with Crippen molar-refractivity contribution in [2.24, 2.45) is 0 Å². The summed E-state index contributed by atoms with van der Waals surface area (Å²) in [6.07, 6.45) is 0.533. The number of aryl methyl sites for hydroxylation is 1. The highest BCUT2D eigenvalue weighted by Gasteiger charge is 2.31. The predicted octanol–water partition coefficient (Wildman–Crippen LogP) is 2.13. The number of carbonyl (C=O) groups excluding carboxylic acids is 1. The van der Waals surface area contributed by atoms with Crippen LogP contribution in [0.2, 0.25) is 5.02 Å². The summed E-state index contributed by atoms with van der Waals surface area (Å²) in [4.78, 5) is 12.3. The fraction of sp³-hybridized carbons (Fsp3) is 0.375. The summed E-state index contributed by atoms with van der Waals surface area (Å²) < 4.78 is 24.9. The van der Waals surface area contributed by atoms with Gasteiger partial charge in [0, 0.05) is 17.3 Å². The van der Waals surface area contributed by atoms with Crippen molar-refractivity contribution in [2.45, 2.75) is 25.9 Å². The van der Waals surface area contributed by atoms with E-state index in [4.69, 9.17) is 11.6 Å².